The Hall–Kier alpha value is -1.62. The third-order valence-corrected chi connectivity index (χ3v) is 3.70. The highest BCUT2D eigenvalue weighted by Gasteiger charge is 2.22. The lowest BCUT2D eigenvalue weighted by molar-refractivity contribution is 0.604. The molecule has 1 aromatic carbocycles. The minimum absolute atomic E-state index is 0.314. The van der Waals surface area contributed by atoms with E-state index in [1.165, 1.54) is 11.5 Å². The number of allylic oxidation sites excluding steroid dienone is 1. The van der Waals surface area contributed by atoms with Crippen molar-refractivity contribution in [2.75, 3.05) is 6.54 Å². The van der Waals surface area contributed by atoms with Crippen LogP contribution in [-0.2, 0) is 9.84 Å². The van der Waals surface area contributed by atoms with Crippen LogP contribution in [0.2, 0.25) is 0 Å². The molecule has 0 aliphatic carbocycles. The van der Waals surface area contributed by atoms with E-state index < -0.39 is 9.84 Å². The molecule has 0 bridgehead atoms. The summed E-state index contributed by atoms with van der Waals surface area (Å²) < 4.78 is 23.5. The van der Waals surface area contributed by atoms with Gasteiger partial charge in [0.25, 0.3) is 0 Å². The number of benzene rings is 1. The number of sulfone groups is 1. The van der Waals surface area contributed by atoms with E-state index in [0.29, 0.717) is 22.7 Å². The number of nitrogens with one attached hydrogen (secondary N) is 1. The lowest BCUT2D eigenvalue weighted by Crippen LogP contribution is -2.16. The minimum atomic E-state index is -3.29. The molecule has 0 aromatic heterocycles. The summed E-state index contributed by atoms with van der Waals surface area (Å²) in [5.41, 5.74) is 4.12. The zero-order valence-electron chi connectivity index (χ0n) is 8.84. The van der Waals surface area contributed by atoms with Crippen molar-refractivity contribution in [3.05, 3.63) is 41.3 Å². The van der Waals surface area contributed by atoms with E-state index in [-0.39, 0.29) is 0 Å². The molecule has 1 aliphatic heterocycles. The summed E-state index contributed by atoms with van der Waals surface area (Å²) in [6.45, 7) is 2.63. The maximum Gasteiger partial charge on any atom is 0.200 e. The van der Waals surface area contributed by atoms with Gasteiger partial charge >= 0.3 is 0 Å². The summed E-state index contributed by atoms with van der Waals surface area (Å²) in [4.78, 5) is 0.314. The van der Waals surface area contributed by atoms with Gasteiger partial charge in [0.2, 0.25) is 9.84 Å². The molecule has 4 nitrogen and oxygen atoms in total. The fourth-order valence-corrected chi connectivity index (χ4v) is 2.71. The van der Waals surface area contributed by atoms with Crippen LogP contribution in [0.4, 0.5) is 0 Å². The fraction of sp³-hybridized carbons (Fsp3) is 0.182. The summed E-state index contributed by atoms with van der Waals surface area (Å²) in [6, 6.07) is 6.86. The van der Waals surface area contributed by atoms with Gasteiger partial charge < -0.3 is 5.43 Å². The van der Waals surface area contributed by atoms with E-state index >= 15 is 0 Å². The van der Waals surface area contributed by atoms with Gasteiger partial charge in [-0.25, -0.2) is 8.42 Å². The largest absolute Gasteiger partial charge is 0.310 e. The van der Waals surface area contributed by atoms with E-state index in [0.717, 1.165) is 0 Å². The monoisotopic (exact) mass is 236 g/mol. The second-order valence-corrected chi connectivity index (χ2v) is 5.15. The van der Waals surface area contributed by atoms with Crippen LogP contribution in [0, 0.1) is 0 Å². The van der Waals surface area contributed by atoms with Crippen LogP contribution in [0.3, 0.4) is 0 Å². The third kappa shape index (κ3) is 1.86. The maximum absolute atomic E-state index is 11.7. The van der Waals surface area contributed by atoms with Crippen LogP contribution < -0.4 is 5.43 Å². The summed E-state index contributed by atoms with van der Waals surface area (Å²) in [6.07, 6.45) is 1.51. The van der Waals surface area contributed by atoms with E-state index in [9.17, 15) is 8.42 Å². The lowest BCUT2D eigenvalue weighted by Gasteiger charge is -2.12. The van der Waals surface area contributed by atoms with Gasteiger partial charge in [0.15, 0.2) is 0 Å². The fourth-order valence-electron chi connectivity index (χ4n) is 1.51. The highest BCUT2D eigenvalue weighted by Crippen LogP contribution is 2.23. The Bertz CT molecular complexity index is 559. The van der Waals surface area contributed by atoms with Crippen molar-refractivity contribution in [3.63, 3.8) is 0 Å². The van der Waals surface area contributed by atoms with Gasteiger partial charge in [0.1, 0.15) is 0 Å². The molecule has 0 fully saturated rings. The summed E-state index contributed by atoms with van der Waals surface area (Å²) in [5, 5.41) is 5.31. The second-order valence-electron chi connectivity index (χ2n) is 3.35. The molecule has 0 saturated carbocycles. The molecule has 0 amide bonds. The Labute approximate surface area is 94.6 Å². The van der Waals surface area contributed by atoms with Gasteiger partial charge in [-0.05, 0) is 19.1 Å². The Kier molecular flexibility index (Phi) is 2.78. The second kappa shape index (κ2) is 4.09. The molecule has 0 saturated heterocycles. The number of nitrogens with zero attached hydrogens (tertiary/aromatic N) is 1. The van der Waals surface area contributed by atoms with E-state index in [1.54, 1.807) is 24.3 Å². The molecule has 0 unspecified atom stereocenters. The molecule has 0 atom stereocenters. The SMILES string of the molecule is CCNN=C1C=CS(=O)(=O)c2ccccc21. The summed E-state index contributed by atoms with van der Waals surface area (Å²) in [7, 11) is -3.29. The average molecular weight is 236 g/mol. The Morgan fingerprint density at radius 3 is 2.81 bits per heavy atom. The predicted molar refractivity (Wildman–Crippen MR) is 63.0 cm³/mol. The lowest BCUT2D eigenvalue weighted by atomic mass is 10.1. The van der Waals surface area contributed by atoms with Crippen molar-refractivity contribution in [1.82, 2.24) is 5.43 Å². The number of rotatable bonds is 2. The van der Waals surface area contributed by atoms with Crippen molar-refractivity contribution in [2.24, 2.45) is 5.10 Å². The van der Waals surface area contributed by atoms with Gasteiger partial charge in [-0.15, -0.1) is 0 Å². The summed E-state index contributed by atoms with van der Waals surface area (Å²) in [5.74, 6) is 0. The first-order valence-electron chi connectivity index (χ1n) is 4.98. The van der Waals surface area contributed by atoms with E-state index in [2.05, 4.69) is 10.5 Å². The Balaban J connectivity index is 2.58. The van der Waals surface area contributed by atoms with Crippen LogP contribution >= 0.6 is 0 Å². The topological polar surface area (TPSA) is 58.5 Å². The smallest absolute Gasteiger partial charge is 0.200 e. The zero-order chi connectivity index (χ0) is 11.6. The average Bonchev–Trinajstić information content (AvgIpc) is 2.29. The molecule has 1 aromatic rings. The molecule has 84 valence electrons. The van der Waals surface area contributed by atoms with Gasteiger partial charge in [0, 0.05) is 17.5 Å². The van der Waals surface area contributed by atoms with E-state index in [4.69, 9.17) is 0 Å². The molecule has 1 heterocycles. The van der Waals surface area contributed by atoms with Gasteiger partial charge in [-0.2, -0.15) is 5.10 Å². The molecule has 5 heteroatoms. The molecule has 16 heavy (non-hydrogen) atoms. The van der Waals surface area contributed by atoms with Crippen LogP contribution in [0.5, 0.6) is 0 Å². The number of hydrazone groups is 1. The molecular formula is C11H12N2O2S. The number of fused-ring (bicyclic) bond motifs is 1. The Morgan fingerprint density at radius 1 is 1.31 bits per heavy atom. The van der Waals surface area contributed by atoms with Crippen molar-refractivity contribution in [1.29, 1.82) is 0 Å². The highest BCUT2D eigenvalue weighted by atomic mass is 32.2. The third-order valence-electron chi connectivity index (χ3n) is 2.23. The van der Waals surface area contributed by atoms with Crippen LogP contribution in [0.15, 0.2) is 45.7 Å². The first-order valence-corrected chi connectivity index (χ1v) is 6.53. The summed E-state index contributed by atoms with van der Waals surface area (Å²) >= 11 is 0. The molecule has 1 N–H and O–H groups in total. The first-order chi connectivity index (χ1) is 7.65. The maximum atomic E-state index is 11.7. The molecule has 0 radical (unpaired) electrons. The van der Waals surface area contributed by atoms with Crippen LogP contribution in [0.1, 0.15) is 12.5 Å². The first kappa shape index (κ1) is 10.9. The number of hydrogen-bond donors (Lipinski definition) is 1. The molecule has 1 aliphatic rings. The quantitative estimate of drug-likeness (QED) is 0.787. The van der Waals surface area contributed by atoms with Gasteiger partial charge in [-0.3, -0.25) is 0 Å². The van der Waals surface area contributed by atoms with Crippen LogP contribution in [0.25, 0.3) is 0 Å². The van der Waals surface area contributed by atoms with Crippen LogP contribution in [-0.4, -0.2) is 20.7 Å². The normalized spacial score (nSPS) is 19.4. The van der Waals surface area contributed by atoms with Gasteiger partial charge in [-0.1, -0.05) is 18.2 Å². The zero-order valence-corrected chi connectivity index (χ0v) is 9.66. The number of hydrogen-bond acceptors (Lipinski definition) is 4. The van der Waals surface area contributed by atoms with Crippen molar-refractivity contribution in [2.45, 2.75) is 11.8 Å². The Morgan fingerprint density at radius 2 is 2.06 bits per heavy atom. The molecule has 0 spiro atoms. The predicted octanol–water partition coefficient (Wildman–Crippen LogP) is 1.30. The highest BCUT2D eigenvalue weighted by molar-refractivity contribution is 7.94. The standard InChI is InChI=1S/C11H12N2O2S/c1-2-12-13-10-7-8-16(14,15)11-6-4-3-5-9(10)11/h3-8,12H,2H2,1H3. The molecular weight excluding hydrogens is 224 g/mol. The van der Waals surface area contributed by atoms with Crippen molar-refractivity contribution >= 4 is 15.5 Å². The molecule has 2 rings (SSSR count). The van der Waals surface area contributed by atoms with Gasteiger partial charge in [0.05, 0.1) is 10.6 Å². The minimum Gasteiger partial charge on any atom is -0.310 e. The van der Waals surface area contributed by atoms with E-state index in [1.807, 2.05) is 6.92 Å². The van der Waals surface area contributed by atoms with Crippen molar-refractivity contribution in [3.8, 4) is 0 Å². The van der Waals surface area contributed by atoms with Crippen molar-refractivity contribution < 1.29 is 8.42 Å².